The molecule has 0 atom stereocenters. The van der Waals surface area contributed by atoms with Crippen molar-refractivity contribution in [3.05, 3.63) is 93.9 Å². The summed E-state index contributed by atoms with van der Waals surface area (Å²) in [4.78, 5) is 26.6. The number of fused-ring (bicyclic) bond motifs is 3. The van der Waals surface area contributed by atoms with Crippen molar-refractivity contribution in [1.82, 2.24) is 0 Å². The van der Waals surface area contributed by atoms with E-state index in [2.05, 4.69) is 5.32 Å². The lowest BCUT2D eigenvalue weighted by Crippen LogP contribution is -2.15. The van der Waals surface area contributed by atoms with Gasteiger partial charge in [-0.25, -0.2) is 4.79 Å². The summed E-state index contributed by atoms with van der Waals surface area (Å²) in [5.74, 6) is -1.69. The number of benzene rings is 3. The van der Waals surface area contributed by atoms with E-state index in [9.17, 15) is 27.9 Å². The van der Waals surface area contributed by atoms with Gasteiger partial charge in [-0.05, 0) is 70.1 Å². The number of aromatic carboxylic acids is 1. The molecule has 0 bridgehead atoms. The Morgan fingerprint density at radius 1 is 0.974 bits per heavy atom. The average Bonchev–Trinajstić information content (AvgIpc) is 3.29. The van der Waals surface area contributed by atoms with Crippen LogP contribution in [0, 0.1) is 0 Å². The zero-order valence-electron chi connectivity index (χ0n) is 19.8. The quantitative estimate of drug-likeness (QED) is 0.271. The molecule has 0 unspecified atom stereocenters. The van der Waals surface area contributed by atoms with Gasteiger partial charge in [0, 0.05) is 34.7 Å². The van der Waals surface area contributed by atoms with Gasteiger partial charge in [0.2, 0.25) is 0 Å². The Bertz CT molecular complexity index is 1540. The molecule has 6 nitrogen and oxygen atoms in total. The number of hydrogen-bond donors (Lipinski definition) is 3. The summed E-state index contributed by atoms with van der Waals surface area (Å²) < 4.78 is 46.0. The van der Waals surface area contributed by atoms with Crippen LogP contribution in [0.5, 0.6) is 5.75 Å². The first-order valence-corrected chi connectivity index (χ1v) is 12.5. The maximum absolute atomic E-state index is 13.6. The minimum absolute atomic E-state index is 0.0313. The molecule has 0 radical (unpaired) electrons. The minimum atomic E-state index is -4.73. The highest BCUT2D eigenvalue weighted by atomic mass is 32.1. The number of ether oxygens (including phenoxy) is 1. The summed E-state index contributed by atoms with van der Waals surface area (Å²) in [6.45, 7) is 0.687. The van der Waals surface area contributed by atoms with Crippen LogP contribution in [0.1, 0.15) is 37.4 Å². The normalized spacial score (nSPS) is 12.6. The molecule has 1 aliphatic heterocycles. The lowest BCUT2D eigenvalue weighted by Gasteiger charge is -2.18. The molecule has 1 aromatic heterocycles. The zero-order valence-corrected chi connectivity index (χ0v) is 20.6. The number of halogens is 3. The summed E-state index contributed by atoms with van der Waals surface area (Å²) in [6, 6.07) is 14.5. The minimum Gasteiger partial charge on any atom is -0.493 e. The van der Waals surface area contributed by atoms with Crippen molar-refractivity contribution in [2.45, 2.75) is 19.1 Å². The van der Waals surface area contributed by atoms with E-state index in [1.165, 1.54) is 17.4 Å². The number of carboxylic acids is 1. The molecule has 4 aromatic rings. The molecule has 4 N–H and O–H groups in total. The number of nitrogens with two attached hydrogens (primary N) is 1. The molecule has 5 rings (SSSR count). The molecule has 0 saturated carbocycles. The zero-order chi connectivity index (χ0) is 27.0. The van der Waals surface area contributed by atoms with Crippen LogP contribution in [0.2, 0.25) is 0 Å². The highest BCUT2D eigenvalue weighted by Gasteiger charge is 2.33. The first-order chi connectivity index (χ1) is 18.2. The van der Waals surface area contributed by atoms with Gasteiger partial charge in [-0.3, -0.25) is 4.79 Å². The molecular weight excluding hydrogens is 517 g/mol. The molecule has 10 heteroatoms. The number of amides is 1. The summed E-state index contributed by atoms with van der Waals surface area (Å²) in [5, 5.41) is 14.5. The fraction of sp³-hybridized carbons (Fsp3) is 0.143. The number of hydrogen-bond acceptors (Lipinski definition) is 5. The van der Waals surface area contributed by atoms with Crippen molar-refractivity contribution < 1.29 is 32.6 Å². The lowest BCUT2D eigenvalue weighted by atomic mass is 9.91. The third kappa shape index (κ3) is 4.88. The maximum Gasteiger partial charge on any atom is 0.416 e. The molecular formula is C28H21F3N2O4S. The van der Waals surface area contributed by atoms with Crippen molar-refractivity contribution in [2.24, 2.45) is 5.73 Å². The Morgan fingerprint density at radius 3 is 2.42 bits per heavy atom. The van der Waals surface area contributed by atoms with Gasteiger partial charge < -0.3 is 20.9 Å². The van der Waals surface area contributed by atoms with Gasteiger partial charge in [-0.2, -0.15) is 13.2 Å². The van der Waals surface area contributed by atoms with Gasteiger partial charge in [0.25, 0.3) is 5.91 Å². The van der Waals surface area contributed by atoms with E-state index in [-0.39, 0.29) is 16.7 Å². The Morgan fingerprint density at radius 2 is 1.74 bits per heavy atom. The van der Waals surface area contributed by atoms with E-state index >= 15 is 0 Å². The lowest BCUT2D eigenvalue weighted by molar-refractivity contribution is -0.137. The van der Waals surface area contributed by atoms with Gasteiger partial charge in [0.05, 0.1) is 17.7 Å². The topological polar surface area (TPSA) is 102 Å². The van der Waals surface area contributed by atoms with Crippen LogP contribution >= 0.6 is 11.3 Å². The molecule has 1 aliphatic rings. The van der Waals surface area contributed by atoms with Crippen molar-refractivity contribution in [1.29, 1.82) is 0 Å². The molecule has 3 aromatic carbocycles. The van der Waals surface area contributed by atoms with Crippen LogP contribution in [0.25, 0.3) is 21.6 Å². The Labute approximate surface area is 219 Å². The van der Waals surface area contributed by atoms with E-state index in [1.807, 2.05) is 11.4 Å². The van der Waals surface area contributed by atoms with Crippen molar-refractivity contribution >= 4 is 28.9 Å². The Kier molecular flexibility index (Phi) is 6.68. The number of carboxylic acid groups (broad SMARTS) is 1. The van der Waals surface area contributed by atoms with Crippen molar-refractivity contribution in [3.63, 3.8) is 0 Å². The highest BCUT2D eigenvalue weighted by Crippen LogP contribution is 2.44. The second-order valence-corrected chi connectivity index (χ2v) is 9.60. The van der Waals surface area contributed by atoms with E-state index in [1.54, 1.807) is 30.3 Å². The average molecular weight is 539 g/mol. The summed E-state index contributed by atoms with van der Waals surface area (Å²) in [5.41, 5.74) is 7.23. The van der Waals surface area contributed by atoms with Crippen LogP contribution in [-0.4, -0.2) is 23.6 Å². The monoisotopic (exact) mass is 538 g/mol. The SMILES string of the molecule is NCc1ccc(NC(=O)c2cc3c(cc2-c2ccc(C(F)(F)F)cc2C(=O)O)OCCc2ccsc2-3)cc1. The standard InChI is InChI=1S/C28H21F3N2O4S/c29-28(30,31)17-3-6-19(22(11-17)27(35)36)20-13-24-23(25-16(7-9-37-24)8-10-38-25)12-21(20)26(34)33-18-4-1-15(14-32)2-5-18/h1-6,8,10-13H,7,9,14,32H2,(H,33,34)(H,35,36). The second kappa shape index (κ2) is 9.96. The number of nitrogens with one attached hydrogen (secondary N) is 1. The van der Waals surface area contributed by atoms with Crippen molar-refractivity contribution in [3.8, 4) is 27.3 Å². The predicted molar refractivity (Wildman–Crippen MR) is 139 cm³/mol. The molecule has 1 amide bonds. The van der Waals surface area contributed by atoms with Crippen LogP contribution in [0.4, 0.5) is 18.9 Å². The number of alkyl halides is 3. The van der Waals surface area contributed by atoms with Crippen LogP contribution < -0.4 is 15.8 Å². The van der Waals surface area contributed by atoms with E-state index in [4.69, 9.17) is 10.5 Å². The van der Waals surface area contributed by atoms with Crippen LogP contribution in [0.3, 0.4) is 0 Å². The molecule has 38 heavy (non-hydrogen) atoms. The third-order valence-electron chi connectivity index (χ3n) is 6.30. The van der Waals surface area contributed by atoms with Gasteiger partial charge in [-0.1, -0.05) is 18.2 Å². The molecule has 0 saturated heterocycles. The van der Waals surface area contributed by atoms with Crippen LogP contribution in [-0.2, 0) is 19.1 Å². The predicted octanol–water partition coefficient (Wildman–Crippen LogP) is 6.45. The van der Waals surface area contributed by atoms with Gasteiger partial charge in [0.1, 0.15) is 5.75 Å². The van der Waals surface area contributed by atoms with E-state index in [0.29, 0.717) is 42.6 Å². The summed E-state index contributed by atoms with van der Waals surface area (Å²) >= 11 is 1.48. The Balaban J connectivity index is 1.69. The number of thiophene rings is 1. The second-order valence-electron chi connectivity index (χ2n) is 8.69. The summed E-state index contributed by atoms with van der Waals surface area (Å²) in [7, 11) is 0. The number of rotatable bonds is 5. The highest BCUT2D eigenvalue weighted by molar-refractivity contribution is 7.13. The Hall–Kier alpha value is -4.15. The fourth-order valence-corrected chi connectivity index (χ4v) is 5.36. The molecule has 0 spiro atoms. The molecule has 194 valence electrons. The van der Waals surface area contributed by atoms with Crippen LogP contribution in [0.15, 0.2) is 66.0 Å². The van der Waals surface area contributed by atoms with Crippen molar-refractivity contribution in [2.75, 3.05) is 11.9 Å². The van der Waals surface area contributed by atoms with E-state index < -0.39 is 29.2 Å². The molecule has 0 aliphatic carbocycles. The number of carbonyl (C=O) groups is 2. The maximum atomic E-state index is 13.6. The third-order valence-corrected chi connectivity index (χ3v) is 7.29. The summed E-state index contributed by atoms with van der Waals surface area (Å²) in [6.07, 6.45) is -4.09. The first-order valence-electron chi connectivity index (χ1n) is 11.6. The van der Waals surface area contributed by atoms with Gasteiger partial charge >= 0.3 is 12.1 Å². The largest absolute Gasteiger partial charge is 0.493 e. The molecule has 2 heterocycles. The first kappa shape index (κ1) is 25.5. The number of carbonyl (C=O) groups excluding carboxylic acids is 1. The van der Waals surface area contributed by atoms with E-state index in [0.717, 1.165) is 28.1 Å². The van der Waals surface area contributed by atoms with Gasteiger partial charge in [-0.15, -0.1) is 11.3 Å². The smallest absolute Gasteiger partial charge is 0.416 e. The number of anilines is 1. The fourth-order valence-electron chi connectivity index (χ4n) is 4.38. The molecule has 0 fully saturated rings. The van der Waals surface area contributed by atoms with Gasteiger partial charge in [0.15, 0.2) is 0 Å².